The fourth-order valence-corrected chi connectivity index (χ4v) is 3.21. The minimum Gasteiger partial charge on any atom is -0.469 e. The molecule has 2 aromatic carbocycles. The molecule has 0 aliphatic heterocycles. The molecule has 8 heteroatoms. The largest absolute Gasteiger partial charge is 0.469 e. The number of hydrogen-bond acceptors (Lipinski definition) is 7. The molecule has 144 valence electrons. The number of esters is 1. The summed E-state index contributed by atoms with van der Waals surface area (Å²) in [5.74, 6) is 0.0767. The van der Waals surface area contributed by atoms with Gasteiger partial charge in [-0.3, -0.25) is 4.79 Å². The van der Waals surface area contributed by atoms with Crippen LogP contribution < -0.4 is 5.32 Å². The van der Waals surface area contributed by atoms with Crippen molar-refractivity contribution in [3.63, 3.8) is 0 Å². The maximum absolute atomic E-state index is 11.6. The Morgan fingerprint density at radius 1 is 1.11 bits per heavy atom. The smallest absolute Gasteiger partial charge is 0.309 e. The van der Waals surface area contributed by atoms with Gasteiger partial charge in [-0.05, 0) is 35.9 Å². The molecule has 3 aromatic rings. The van der Waals surface area contributed by atoms with E-state index in [2.05, 4.69) is 20.0 Å². The van der Waals surface area contributed by atoms with Crippen LogP contribution in [0.2, 0.25) is 0 Å². The van der Waals surface area contributed by atoms with Gasteiger partial charge in [0.05, 0.1) is 24.1 Å². The van der Waals surface area contributed by atoms with E-state index in [1.54, 1.807) is 36.5 Å². The van der Waals surface area contributed by atoms with Crippen LogP contribution in [0, 0.1) is 0 Å². The quantitative estimate of drug-likeness (QED) is 0.639. The summed E-state index contributed by atoms with van der Waals surface area (Å²) < 4.78 is 27.9. The number of rotatable bonds is 6. The maximum atomic E-state index is 11.6. The summed E-state index contributed by atoms with van der Waals surface area (Å²) >= 11 is 0. The molecule has 0 aliphatic rings. The first kappa shape index (κ1) is 19.5. The molecular weight excluding hydrogens is 378 g/mol. The highest BCUT2D eigenvalue weighted by atomic mass is 32.2. The second kappa shape index (κ2) is 8.18. The third-order valence-corrected chi connectivity index (χ3v) is 5.12. The zero-order valence-corrected chi connectivity index (χ0v) is 16.2. The van der Waals surface area contributed by atoms with Crippen molar-refractivity contribution < 1.29 is 17.9 Å². The number of hydrogen-bond donors (Lipinski definition) is 1. The molecule has 1 aromatic heterocycles. The molecule has 0 radical (unpaired) electrons. The molecule has 3 rings (SSSR count). The number of benzene rings is 2. The van der Waals surface area contributed by atoms with Crippen molar-refractivity contribution in [3.8, 4) is 11.3 Å². The van der Waals surface area contributed by atoms with Crippen molar-refractivity contribution in [2.75, 3.05) is 18.7 Å². The lowest BCUT2D eigenvalue weighted by molar-refractivity contribution is -0.139. The van der Waals surface area contributed by atoms with Gasteiger partial charge in [0.25, 0.3) is 0 Å². The number of ether oxygens (including phenoxy) is 1. The molecule has 0 spiro atoms. The van der Waals surface area contributed by atoms with Gasteiger partial charge >= 0.3 is 5.97 Å². The number of sulfone groups is 1. The van der Waals surface area contributed by atoms with E-state index in [0.29, 0.717) is 11.6 Å². The van der Waals surface area contributed by atoms with Crippen LogP contribution in [0.15, 0.2) is 65.7 Å². The van der Waals surface area contributed by atoms with Gasteiger partial charge in [-0.2, -0.15) is 0 Å². The van der Waals surface area contributed by atoms with Crippen LogP contribution in [0.5, 0.6) is 0 Å². The summed E-state index contributed by atoms with van der Waals surface area (Å²) in [6.07, 6.45) is 2.97. The lowest BCUT2D eigenvalue weighted by atomic mass is 10.1. The number of nitrogens with one attached hydrogen (secondary N) is 1. The lowest BCUT2D eigenvalue weighted by Crippen LogP contribution is -2.05. The summed E-state index contributed by atoms with van der Waals surface area (Å²) in [4.78, 5) is 20.4. The SMILES string of the molecule is COC(=O)Cc1cccc(Nc2nccc(-c3ccc(S(C)(=O)=O)cc3)n2)c1. The second-order valence-corrected chi connectivity index (χ2v) is 8.16. The third-order valence-electron chi connectivity index (χ3n) is 3.99. The van der Waals surface area contributed by atoms with E-state index in [9.17, 15) is 13.2 Å². The predicted molar refractivity (Wildman–Crippen MR) is 106 cm³/mol. The average molecular weight is 397 g/mol. The Bertz CT molecular complexity index is 1100. The van der Waals surface area contributed by atoms with Crippen molar-refractivity contribution in [2.45, 2.75) is 11.3 Å². The Balaban J connectivity index is 1.80. The zero-order valence-electron chi connectivity index (χ0n) is 15.4. The molecule has 28 heavy (non-hydrogen) atoms. The highest BCUT2D eigenvalue weighted by Gasteiger charge is 2.09. The van der Waals surface area contributed by atoms with Gasteiger partial charge in [-0.1, -0.05) is 24.3 Å². The summed E-state index contributed by atoms with van der Waals surface area (Å²) in [6, 6.07) is 15.6. The standard InChI is InChI=1S/C20H19N3O4S/c1-27-19(24)13-14-4-3-5-16(12-14)22-20-21-11-10-18(23-20)15-6-8-17(9-7-15)28(2,25)26/h3-12H,13H2,1-2H3,(H,21,22,23). The van der Waals surface area contributed by atoms with Crippen LogP contribution in [0.4, 0.5) is 11.6 Å². The minimum atomic E-state index is -3.24. The molecule has 0 saturated heterocycles. The fourth-order valence-electron chi connectivity index (χ4n) is 2.58. The highest BCUT2D eigenvalue weighted by Crippen LogP contribution is 2.22. The van der Waals surface area contributed by atoms with Gasteiger partial charge < -0.3 is 10.1 Å². The fraction of sp³-hybridized carbons (Fsp3) is 0.150. The van der Waals surface area contributed by atoms with E-state index < -0.39 is 9.84 Å². The van der Waals surface area contributed by atoms with Gasteiger partial charge in [0.15, 0.2) is 9.84 Å². The summed E-state index contributed by atoms with van der Waals surface area (Å²) in [5, 5.41) is 3.11. The van der Waals surface area contributed by atoms with Crippen molar-refractivity contribution in [1.82, 2.24) is 9.97 Å². The van der Waals surface area contributed by atoms with Crippen LogP contribution in [0.3, 0.4) is 0 Å². The highest BCUT2D eigenvalue weighted by molar-refractivity contribution is 7.90. The molecule has 0 atom stereocenters. The number of nitrogens with zero attached hydrogens (tertiary/aromatic N) is 2. The molecule has 7 nitrogen and oxygen atoms in total. The van der Waals surface area contributed by atoms with Crippen molar-refractivity contribution >= 4 is 27.4 Å². The first-order valence-electron chi connectivity index (χ1n) is 8.41. The topological polar surface area (TPSA) is 98.2 Å². The van der Waals surface area contributed by atoms with Crippen molar-refractivity contribution in [1.29, 1.82) is 0 Å². The van der Waals surface area contributed by atoms with E-state index in [-0.39, 0.29) is 17.3 Å². The number of methoxy groups -OCH3 is 1. The second-order valence-electron chi connectivity index (χ2n) is 6.14. The Kier molecular flexibility index (Phi) is 5.70. The molecule has 0 fully saturated rings. The number of aromatic nitrogens is 2. The van der Waals surface area contributed by atoms with Gasteiger partial charge in [0.2, 0.25) is 5.95 Å². The van der Waals surface area contributed by atoms with E-state index in [1.165, 1.54) is 13.4 Å². The summed E-state index contributed by atoms with van der Waals surface area (Å²) in [6.45, 7) is 0. The van der Waals surface area contributed by atoms with Crippen LogP contribution in [0.1, 0.15) is 5.56 Å². The first-order chi connectivity index (χ1) is 13.3. The number of anilines is 2. The Labute approximate surface area is 163 Å². The predicted octanol–water partition coefficient (Wildman–Crippen LogP) is 3.01. The summed E-state index contributed by atoms with van der Waals surface area (Å²) in [7, 11) is -1.89. The molecule has 1 heterocycles. The van der Waals surface area contributed by atoms with Crippen molar-refractivity contribution in [3.05, 3.63) is 66.4 Å². The first-order valence-corrected chi connectivity index (χ1v) is 10.3. The lowest BCUT2D eigenvalue weighted by Gasteiger charge is -2.08. The molecule has 0 unspecified atom stereocenters. The normalized spacial score (nSPS) is 11.1. The Hall–Kier alpha value is -3.26. The van der Waals surface area contributed by atoms with Crippen LogP contribution in [-0.4, -0.2) is 37.7 Å². The van der Waals surface area contributed by atoms with Crippen LogP contribution >= 0.6 is 0 Å². The van der Waals surface area contributed by atoms with Gasteiger partial charge in [0, 0.05) is 23.7 Å². The van der Waals surface area contributed by atoms with E-state index in [1.807, 2.05) is 24.3 Å². The Morgan fingerprint density at radius 2 is 1.86 bits per heavy atom. The van der Waals surface area contributed by atoms with Crippen molar-refractivity contribution in [2.24, 2.45) is 0 Å². The van der Waals surface area contributed by atoms with E-state index >= 15 is 0 Å². The van der Waals surface area contributed by atoms with Crippen LogP contribution in [-0.2, 0) is 25.8 Å². The number of carbonyl (C=O) groups is 1. The minimum absolute atomic E-state index is 0.180. The zero-order chi connectivity index (χ0) is 20.1. The molecule has 0 aliphatic carbocycles. The molecule has 0 bridgehead atoms. The third kappa shape index (κ3) is 4.92. The van der Waals surface area contributed by atoms with Gasteiger partial charge in [-0.15, -0.1) is 0 Å². The Morgan fingerprint density at radius 3 is 2.54 bits per heavy atom. The molecular formula is C20H19N3O4S. The average Bonchev–Trinajstić information content (AvgIpc) is 2.68. The molecule has 0 amide bonds. The number of carbonyl (C=O) groups excluding carboxylic acids is 1. The summed E-state index contributed by atoms with van der Waals surface area (Å²) in [5.41, 5.74) is 2.98. The van der Waals surface area contributed by atoms with E-state index in [0.717, 1.165) is 16.8 Å². The van der Waals surface area contributed by atoms with Gasteiger partial charge in [0.1, 0.15) is 0 Å². The van der Waals surface area contributed by atoms with Gasteiger partial charge in [-0.25, -0.2) is 18.4 Å². The van der Waals surface area contributed by atoms with Crippen LogP contribution in [0.25, 0.3) is 11.3 Å². The molecule has 1 N–H and O–H groups in total. The monoisotopic (exact) mass is 397 g/mol. The van der Waals surface area contributed by atoms with E-state index in [4.69, 9.17) is 0 Å². The molecule has 0 saturated carbocycles. The maximum Gasteiger partial charge on any atom is 0.309 e.